The van der Waals surface area contributed by atoms with Crippen LogP contribution in [0.25, 0.3) is 0 Å². The fraction of sp³-hybridized carbons (Fsp3) is 0.476. The number of carbonyl (C=O) groups is 3. The van der Waals surface area contributed by atoms with Gasteiger partial charge < -0.3 is 21.1 Å². The van der Waals surface area contributed by atoms with Crippen molar-refractivity contribution in [1.82, 2.24) is 15.5 Å². The first-order valence-corrected chi connectivity index (χ1v) is 9.94. The third-order valence-electron chi connectivity index (χ3n) is 5.51. The largest absolute Gasteiger partial charge is 0.491 e. The number of benzene rings is 1. The van der Waals surface area contributed by atoms with Crippen LogP contribution in [0.1, 0.15) is 29.6 Å². The highest BCUT2D eigenvalue weighted by molar-refractivity contribution is 5.97. The molecule has 0 atom stereocenters. The van der Waals surface area contributed by atoms with Crippen LogP contribution in [-0.2, 0) is 9.59 Å². The highest BCUT2D eigenvalue weighted by Gasteiger charge is 2.40. The first kappa shape index (κ1) is 20.9. The quantitative estimate of drug-likeness (QED) is 0.624. The summed E-state index contributed by atoms with van der Waals surface area (Å²) in [5.41, 5.74) is 5.23. The van der Waals surface area contributed by atoms with E-state index >= 15 is 0 Å². The van der Waals surface area contributed by atoms with Crippen molar-refractivity contribution >= 4 is 17.7 Å². The molecule has 1 fully saturated rings. The number of amides is 3. The summed E-state index contributed by atoms with van der Waals surface area (Å²) >= 11 is 0. The molecule has 4 N–H and O–H groups in total. The van der Waals surface area contributed by atoms with E-state index in [2.05, 4.69) is 10.6 Å². The number of nitrogens with two attached hydrogens (primary N) is 1. The Morgan fingerprint density at radius 1 is 1.14 bits per heavy atom. The second-order valence-electron chi connectivity index (χ2n) is 7.51. The molecule has 8 nitrogen and oxygen atoms in total. The van der Waals surface area contributed by atoms with Crippen molar-refractivity contribution in [2.45, 2.75) is 19.3 Å². The second kappa shape index (κ2) is 9.56. The Balaban J connectivity index is 1.70. The van der Waals surface area contributed by atoms with Gasteiger partial charge in [0.25, 0.3) is 5.91 Å². The number of hydrogen-bond donors (Lipinski definition) is 3. The molecule has 0 unspecified atom stereocenters. The van der Waals surface area contributed by atoms with Gasteiger partial charge in [-0.05, 0) is 44.5 Å². The number of fused-ring (bicyclic) bond motifs is 1. The zero-order valence-electron chi connectivity index (χ0n) is 16.5. The van der Waals surface area contributed by atoms with Gasteiger partial charge in [0.1, 0.15) is 12.4 Å². The van der Waals surface area contributed by atoms with Crippen LogP contribution in [0.2, 0.25) is 0 Å². The number of hydrogen-bond acceptors (Lipinski definition) is 5. The Kier molecular flexibility index (Phi) is 6.87. The van der Waals surface area contributed by atoms with E-state index in [9.17, 15) is 14.4 Å². The smallest absolute Gasteiger partial charge is 0.255 e. The van der Waals surface area contributed by atoms with E-state index in [1.54, 1.807) is 18.2 Å². The molecular formula is C21H28N4O4. The Morgan fingerprint density at radius 2 is 1.90 bits per heavy atom. The molecule has 2 heterocycles. The van der Waals surface area contributed by atoms with Gasteiger partial charge in [-0.1, -0.05) is 24.3 Å². The van der Waals surface area contributed by atoms with Crippen molar-refractivity contribution in [2.75, 3.05) is 39.3 Å². The van der Waals surface area contributed by atoms with Crippen molar-refractivity contribution in [3.05, 3.63) is 42.0 Å². The maximum Gasteiger partial charge on any atom is 0.255 e. The van der Waals surface area contributed by atoms with Crippen LogP contribution < -0.4 is 21.1 Å². The first-order chi connectivity index (χ1) is 14.0. The van der Waals surface area contributed by atoms with Gasteiger partial charge in [0.15, 0.2) is 0 Å². The van der Waals surface area contributed by atoms with Gasteiger partial charge in [-0.3, -0.25) is 19.3 Å². The molecule has 0 saturated carbocycles. The number of likely N-dealkylation sites (tertiary alicyclic amines) is 1. The topological polar surface area (TPSA) is 114 Å². The van der Waals surface area contributed by atoms with E-state index in [1.165, 1.54) is 0 Å². The summed E-state index contributed by atoms with van der Waals surface area (Å²) in [5, 5.41) is 5.84. The molecule has 3 amide bonds. The number of primary amides is 1. The molecule has 2 aliphatic heterocycles. The minimum Gasteiger partial charge on any atom is -0.491 e. The van der Waals surface area contributed by atoms with Gasteiger partial charge in [-0.15, -0.1) is 0 Å². The summed E-state index contributed by atoms with van der Waals surface area (Å²) in [4.78, 5) is 38.6. The van der Waals surface area contributed by atoms with E-state index in [0.717, 1.165) is 0 Å². The van der Waals surface area contributed by atoms with E-state index in [4.69, 9.17) is 10.5 Å². The van der Waals surface area contributed by atoms with E-state index in [0.29, 0.717) is 56.8 Å². The van der Waals surface area contributed by atoms with Crippen LogP contribution in [-0.4, -0.2) is 62.0 Å². The Bertz CT molecular complexity index is 785. The van der Waals surface area contributed by atoms with Crippen LogP contribution in [0.4, 0.5) is 0 Å². The van der Waals surface area contributed by atoms with Crippen LogP contribution in [0.3, 0.4) is 0 Å². The molecule has 0 radical (unpaired) electrons. The molecule has 0 aromatic heterocycles. The van der Waals surface area contributed by atoms with Gasteiger partial charge in [0, 0.05) is 6.54 Å². The highest BCUT2D eigenvalue weighted by Crippen LogP contribution is 2.36. The lowest BCUT2D eigenvalue weighted by molar-refractivity contribution is -0.134. The van der Waals surface area contributed by atoms with Crippen LogP contribution in [0, 0.1) is 5.41 Å². The number of nitrogens with one attached hydrogen (secondary N) is 2. The maximum atomic E-state index is 13.0. The number of allylic oxidation sites excluding steroid dienone is 1. The number of nitrogens with zero attached hydrogens (tertiary/aromatic N) is 1. The van der Waals surface area contributed by atoms with Crippen molar-refractivity contribution in [3.63, 3.8) is 0 Å². The third-order valence-corrected chi connectivity index (χ3v) is 5.51. The average molecular weight is 400 g/mol. The van der Waals surface area contributed by atoms with E-state index in [-0.39, 0.29) is 30.9 Å². The van der Waals surface area contributed by atoms with E-state index < -0.39 is 5.41 Å². The molecule has 29 heavy (non-hydrogen) atoms. The molecule has 2 aliphatic rings. The summed E-state index contributed by atoms with van der Waals surface area (Å²) < 4.78 is 5.73. The molecule has 0 aliphatic carbocycles. The molecule has 1 saturated heterocycles. The van der Waals surface area contributed by atoms with Crippen molar-refractivity contribution in [2.24, 2.45) is 11.1 Å². The summed E-state index contributed by atoms with van der Waals surface area (Å²) in [6.07, 6.45) is 5.70. The standard InChI is InChI=1S/C21H28N4O4/c22-18(26)15-25-12-8-21(9-13-25)7-3-4-10-23-19(27)16-5-1-2-6-17(16)29-14-11-24-20(21)28/h1-6H,7-15H2,(H2,22,26)(H,23,27)(H,24,28)/b4-3+. The predicted octanol–water partition coefficient (Wildman–Crippen LogP) is 0.439. The lowest BCUT2D eigenvalue weighted by Crippen LogP contribution is -2.50. The summed E-state index contributed by atoms with van der Waals surface area (Å²) in [5.74, 6) is -0.0566. The molecule has 1 aromatic rings. The van der Waals surface area contributed by atoms with Gasteiger partial charge in [-0.2, -0.15) is 0 Å². The van der Waals surface area contributed by atoms with Crippen molar-refractivity contribution in [3.8, 4) is 5.75 Å². The molecule has 3 rings (SSSR count). The van der Waals surface area contributed by atoms with Gasteiger partial charge >= 0.3 is 0 Å². The number of piperidine rings is 1. The average Bonchev–Trinajstić information content (AvgIpc) is 2.71. The fourth-order valence-corrected chi connectivity index (χ4v) is 3.82. The zero-order chi connectivity index (χ0) is 20.7. The summed E-state index contributed by atoms with van der Waals surface area (Å²) in [6.45, 7) is 2.50. The van der Waals surface area contributed by atoms with Gasteiger partial charge in [0.05, 0.1) is 24.1 Å². The lowest BCUT2D eigenvalue weighted by atomic mass is 9.74. The summed E-state index contributed by atoms with van der Waals surface area (Å²) in [6, 6.07) is 7.06. The Labute approximate surface area is 170 Å². The molecule has 156 valence electrons. The molecule has 0 bridgehead atoms. The molecule has 8 heteroatoms. The Hall–Kier alpha value is -2.87. The third kappa shape index (κ3) is 5.35. The second-order valence-corrected chi connectivity index (χ2v) is 7.51. The molecule has 1 spiro atoms. The number of carbonyl (C=O) groups excluding carboxylic acids is 3. The predicted molar refractivity (Wildman–Crippen MR) is 108 cm³/mol. The van der Waals surface area contributed by atoms with E-state index in [1.807, 2.05) is 23.1 Å². The van der Waals surface area contributed by atoms with Crippen molar-refractivity contribution in [1.29, 1.82) is 0 Å². The highest BCUT2D eigenvalue weighted by atomic mass is 16.5. The van der Waals surface area contributed by atoms with Crippen LogP contribution in [0.15, 0.2) is 36.4 Å². The Morgan fingerprint density at radius 3 is 2.66 bits per heavy atom. The van der Waals surface area contributed by atoms with Gasteiger partial charge in [-0.25, -0.2) is 0 Å². The van der Waals surface area contributed by atoms with Crippen LogP contribution >= 0.6 is 0 Å². The van der Waals surface area contributed by atoms with Crippen LogP contribution in [0.5, 0.6) is 5.75 Å². The number of para-hydroxylation sites is 1. The SMILES string of the molecule is NC(=O)CN1CCC2(C/C=C/CNC(=O)c3ccccc3OCCNC2=O)CC1. The minimum absolute atomic E-state index is 0.00106. The number of ether oxygens (including phenoxy) is 1. The monoisotopic (exact) mass is 400 g/mol. The maximum absolute atomic E-state index is 13.0. The molecular weight excluding hydrogens is 372 g/mol. The normalized spacial score (nSPS) is 21.8. The van der Waals surface area contributed by atoms with Crippen molar-refractivity contribution < 1.29 is 19.1 Å². The fourth-order valence-electron chi connectivity index (χ4n) is 3.82. The summed E-state index contributed by atoms with van der Waals surface area (Å²) in [7, 11) is 0. The first-order valence-electron chi connectivity index (χ1n) is 9.94. The van der Waals surface area contributed by atoms with Gasteiger partial charge in [0.2, 0.25) is 11.8 Å². The zero-order valence-corrected chi connectivity index (χ0v) is 16.5. The minimum atomic E-state index is -0.531. The number of rotatable bonds is 2. The lowest BCUT2D eigenvalue weighted by Gasteiger charge is -2.40. The molecule has 1 aromatic carbocycles.